The molecule has 0 saturated heterocycles. The van der Waals surface area contributed by atoms with Gasteiger partial charge in [-0.05, 0) is 86.4 Å². The van der Waals surface area contributed by atoms with E-state index in [1.807, 2.05) is 6.92 Å². The van der Waals surface area contributed by atoms with Crippen molar-refractivity contribution in [2.75, 3.05) is 0 Å². The summed E-state index contributed by atoms with van der Waals surface area (Å²) in [4.78, 5) is 13.3. The number of fused-ring (bicyclic) bond motifs is 5. The molecule has 0 heterocycles. The van der Waals surface area contributed by atoms with Crippen LogP contribution in [0.15, 0.2) is 0 Å². The van der Waals surface area contributed by atoms with Gasteiger partial charge < -0.3 is 10.2 Å². The van der Waals surface area contributed by atoms with Crippen LogP contribution in [0, 0.1) is 40.4 Å². The van der Waals surface area contributed by atoms with E-state index in [1.165, 1.54) is 12.8 Å². The maximum absolute atomic E-state index is 13.3. The van der Waals surface area contributed by atoms with Gasteiger partial charge in [0.2, 0.25) is 0 Å². The van der Waals surface area contributed by atoms with Crippen LogP contribution in [0.1, 0.15) is 72.1 Å². The number of carbonyl (C=O) groups excluding carboxylic acids is 1. The molecule has 0 aromatic rings. The molecule has 0 spiro atoms. The van der Waals surface area contributed by atoms with Crippen molar-refractivity contribution in [2.45, 2.75) is 84.3 Å². The third-order valence-electron chi connectivity index (χ3n) is 8.98. The zero-order valence-electron chi connectivity index (χ0n) is 15.5. The first-order chi connectivity index (χ1) is 11.3. The molecule has 2 N–H and O–H groups in total. The monoisotopic (exact) mass is 334 g/mol. The minimum Gasteiger partial charge on any atom is -0.393 e. The zero-order chi connectivity index (χ0) is 17.3. The average Bonchev–Trinajstić information content (AvgIpc) is 2.84. The molecule has 3 heteroatoms. The van der Waals surface area contributed by atoms with Crippen molar-refractivity contribution in [3.63, 3.8) is 0 Å². The second kappa shape index (κ2) is 5.54. The molecular formula is C21H34O3. The lowest BCUT2D eigenvalue weighted by molar-refractivity contribution is -0.163. The van der Waals surface area contributed by atoms with Crippen molar-refractivity contribution in [1.82, 2.24) is 0 Å². The Hall–Kier alpha value is -0.410. The average molecular weight is 335 g/mol. The van der Waals surface area contributed by atoms with E-state index in [1.54, 1.807) is 0 Å². The highest BCUT2D eigenvalue weighted by Crippen LogP contribution is 2.66. The standard InChI is InChI=1S/C21H34O3/c1-12(22)16-6-7-17-15-5-4-13-10-14(23)8-9-20(13,2)19(15)18(24)11-21(16,17)3/h12-17,19,22-23H,4-11H2,1-3H3/t12-,13-,14+,15-,16-,17+,19-,20-,21-/m0/s1. The van der Waals surface area contributed by atoms with Gasteiger partial charge in [0.1, 0.15) is 5.78 Å². The van der Waals surface area contributed by atoms with Crippen LogP contribution in [0.4, 0.5) is 0 Å². The lowest BCUT2D eigenvalue weighted by Crippen LogP contribution is -2.58. The van der Waals surface area contributed by atoms with Crippen molar-refractivity contribution in [1.29, 1.82) is 0 Å². The molecule has 0 bridgehead atoms. The Balaban J connectivity index is 1.67. The Labute approximate surface area is 146 Å². The van der Waals surface area contributed by atoms with Gasteiger partial charge in [0, 0.05) is 12.3 Å². The van der Waals surface area contributed by atoms with E-state index in [0.29, 0.717) is 30.0 Å². The summed E-state index contributed by atoms with van der Waals surface area (Å²) in [6.07, 6.45) is 7.56. The van der Waals surface area contributed by atoms with E-state index in [0.717, 1.165) is 32.1 Å². The fourth-order valence-electron chi connectivity index (χ4n) is 7.88. The van der Waals surface area contributed by atoms with E-state index >= 15 is 0 Å². The number of aliphatic hydroxyl groups is 2. The summed E-state index contributed by atoms with van der Waals surface area (Å²) in [6.45, 7) is 6.55. The number of carbonyl (C=O) groups is 1. The second-order valence-electron chi connectivity index (χ2n) is 10.0. The summed E-state index contributed by atoms with van der Waals surface area (Å²) >= 11 is 0. The topological polar surface area (TPSA) is 57.5 Å². The Morgan fingerprint density at radius 2 is 1.83 bits per heavy atom. The minimum atomic E-state index is -0.305. The number of Topliss-reactive ketones (excluding diaryl/α,β-unsaturated/α-hetero) is 1. The molecule has 4 saturated carbocycles. The molecule has 9 atom stereocenters. The zero-order valence-corrected chi connectivity index (χ0v) is 15.5. The highest BCUT2D eigenvalue weighted by Gasteiger charge is 2.63. The molecule has 4 aliphatic carbocycles. The molecule has 0 unspecified atom stereocenters. The predicted octanol–water partition coefficient (Wildman–Crippen LogP) is 3.57. The number of hydrogen-bond donors (Lipinski definition) is 2. The van der Waals surface area contributed by atoms with E-state index in [-0.39, 0.29) is 34.9 Å². The first-order valence-electron chi connectivity index (χ1n) is 10.2. The molecule has 4 fully saturated rings. The van der Waals surface area contributed by atoms with Gasteiger partial charge in [-0.25, -0.2) is 0 Å². The Kier molecular flexibility index (Phi) is 3.93. The fraction of sp³-hybridized carbons (Fsp3) is 0.952. The van der Waals surface area contributed by atoms with Gasteiger partial charge in [-0.2, -0.15) is 0 Å². The molecule has 3 nitrogen and oxygen atoms in total. The Morgan fingerprint density at radius 1 is 1.08 bits per heavy atom. The quantitative estimate of drug-likeness (QED) is 0.771. The van der Waals surface area contributed by atoms with Crippen molar-refractivity contribution < 1.29 is 15.0 Å². The maximum Gasteiger partial charge on any atom is 0.137 e. The third kappa shape index (κ3) is 2.19. The highest BCUT2D eigenvalue weighted by atomic mass is 16.3. The van der Waals surface area contributed by atoms with Crippen LogP contribution in [0.2, 0.25) is 0 Å². The number of aliphatic hydroxyl groups excluding tert-OH is 2. The summed E-state index contributed by atoms with van der Waals surface area (Å²) in [7, 11) is 0. The van der Waals surface area contributed by atoms with Crippen LogP contribution in [0.3, 0.4) is 0 Å². The Bertz CT molecular complexity index is 529. The van der Waals surface area contributed by atoms with Gasteiger partial charge in [0.15, 0.2) is 0 Å². The molecule has 0 aromatic heterocycles. The van der Waals surface area contributed by atoms with Gasteiger partial charge in [0.05, 0.1) is 12.2 Å². The molecule has 0 aromatic carbocycles. The van der Waals surface area contributed by atoms with Crippen LogP contribution in [0.25, 0.3) is 0 Å². The smallest absolute Gasteiger partial charge is 0.137 e. The molecular weight excluding hydrogens is 300 g/mol. The van der Waals surface area contributed by atoms with E-state index in [9.17, 15) is 15.0 Å². The summed E-state index contributed by atoms with van der Waals surface area (Å²) in [5.74, 6) is 2.58. The molecule has 0 amide bonds. The summed E-state index contributed by atoms with van der Waals surface area (Å²) in [5.41, 5.74) is 0.104. The normalized spacial score (nSPS) is 55.5. The van der Waals surface area contributed by atoms with Crippen molar-refractivity contribution in [3.8, 4) is 0 Å². The van der Waals surface area contributed by atoms with Gasteiger partial charge in [0.25, 0.3) is 0 Å². The summed E-state index contributed by atoms with van der Waals surface area (Å²) in [5, 5.41) is 20.4. The van der Waals surface area contributed by atoms with Crippen LogP contribution < -0.4 is 0 Å². The van der Waals surface area contributed by atoms with Crippen molar-refractivity contribution >= 4 is 5.78 Å². The molecule has 0 aliphatic heterocycles. The molecule has 24 heavy (non-hydrogen) atoms. The molecule has 4 aliphatic rings. The summed E-state index contributed by atoms with van der Waals surface area (Å²) < 4.78 is 0. The Morgan fingerprint density at radius 3 is 2.54 bits per heavy atom. The fourth-order valence-corrected chi connectivity index (χ4v) is 7.88. The second-order valence-corrected chi connectivity index (χ2v) is 10.0. The van der Waals surface area contributed by atoms with Crippen LogP contribution in [-0.2, 0) is 4.79 Å². The molecule has 4 rings (SSSR count). The SMILES string of the molecule is C[C@H](O)[C@@H]1CC[C@@H]2[C@@H]3CC[C@H]4C[C@H](O)CC[C@]4(C)[C@@H]3C(=O)C[C@]21C. The lowest BCUT2D eigenvalue weighted by Gasteiger charge is -2.60. The largest absolute Gasteiger partial charge is 0.393 e. The van der Waals surface area contributed by atoms with Gasteiger partial charge in [-0.1, -0.05) is 13.8 Å². The third-order valence-corrected chi connectivity index (χ3v) is 8.98. The van der Waals surface area contributed by atoms with E-state index in [2.05, 4.69) is 13.8 Å². The van der Waals surface area contributed by atoms with Gasteiger partial charge in [-0.3, -0.25) is 4.79 Å². The number of rotatable bonds is 1. The van der Waals surface area contributed by atoms with Crippen molar-refractivity contribution in [2.24, 2.45) is 40.4 Å². The van der Waals surface area contributed by atoms with Gasteiger partial charge >= 0.3 is 0 Å². The molecule has 0 radical (unpaired) electrons. The van der Waals surface area contributed by atoms with Crippen LogP contribution in [0.5, 0.6) is 0 Å². The van der Waals surface area contributed by atoms with Crippen LogP contribution in [-0.4, -0.2) is 28.2 Å². The van der Waals surface area contributed by atoms with Crippen molar-refractivity contribution in [3.05, 3.63) is 0 Å². The summed E-state index contributed by atoms with van der Waals surface area (Å²) in [6, 6.07) is 0. The predicted molar refractivity (Wildman–Crippen MR) is 93.3 cm³/mol. The van der Waals surface area contributed by atoms with Crippen LogP contribution >= 0.6 is 0 Å². The number of ketones is 1. The first-order valence-corrected chi connectivity index (χ1v) is 10.2. The maximum atomic E-state index is 13.3. The highest BCUT2D eigenvalue weighted by molar-refractivity contribution is 5.84. The first kappa shape index (κ1) is 17.0. The van der Waals surface area contributed by atoms with E-state index in [4.69, 9.17) is 0 Å². The minimum absolute atomic E-state index is 0.00376. The molecule has 136 valence electrons. The van der Waals surface area contributed by atoms with E-state index < -0.39 is 0 Å². The lowest BCUT2D eigenvalue weighted by atomic mass is 9.44. The van der Waals surface area contributed by atoms with Gasteiger partial charge in [-0.15, -0.1) is 0 Å². The number of hydrogen-bond acceptors (Lipinski definition) is 3.